The van der Waals surface area contributed by atoms with Gasteiger partial charge in [-0.15, -0.1) is 0 Å². The summed E-state index contributed by atoms with van der Waals surface area (Å²) in [4.78, 5) is 10.5. The van der Waals surface area contributed by atoms with Gasteiger partial charge in [0.05, 0.1) is 47.1 Å². The molecule has 2 aromatic rings. The first-order valence-corrected chi connectivity index (χ1v) is 10.9. The lowest BCUT2D eigenvalue weighted by Crippen LogP contribution is -2.24. The molecule has 1 aliphatic carbocycles. The number of rotatable bonds is 7. The molecule has 0 spiro atoms. The number of ether oxygens (including phenoxy) is 1. The van der Waals surface area contributed by atoms with Gasteiger partial charge in [-0.1, -0.05) is 6.07 Å². The maximum atomic E-state index is 13.8. The van der Waals surface area contributed by atoms with E-state index in [4.69, 9.17) is 9.84 Å². The maximum Gasteiger partial charge on any atom is 0.417 e. The molecule has 31 heavy (non-hydrogen) atoms. The quantitative estimate of drug-likeness (QED) is 0.648. The van der Waals surface area contributed by atoms with E-state index in [-0.39, 0.29) is 31.6 Å². The summed E-state index contributed by atoms with van der Waals surface area (Å²) in [5.41, 5.74) is -0.887. The summed E-state index contributed by atoms with van der Waals surface area (Å²) in [6, 6.07) is 2.89. The number of aliphatic hydroxyl groups is 1. The van der Waals surface area contributed by atoms with E-state index in [0.29, 0.717) is 5.56 Å². The average molecular weight is 462 g/mol. The third-order valence-corrected chi connectivity index (χ3v) is 7.64. The van der Waals surface area contributed by atoms with Crippen molar-refractivity contribution in [3.63, 3.8) is 0 Å². The Labute approximate surface area is 176 Å². The highest BCUT2D eigenvalue weighted by atomic mass is 32.2. The number of aromatic nitrogens is 2. The molecule has 170 valence electrons. The zero-order valence-electron chi connectivity index (χ0n) is 16.4. The molecule has 1 aromatic heterocycles. The van der Waals surface area contributed by atoms with Crippen molar-refractivity contribution in [1.82, 2.24) is 9.78 Å². The second-order valence-electron chi connectivity index (χ2n) is 7.28. The Morgan fingerprint density at radius 1 is 1.29 bits per heavy atom. The molecule has 0 aliphatic heterocycles. The van der Waals surface area contributed by atoms with Crippen LogP contribution in [0, 0.1) is 5.92 Å². The molecule has 0 amide bonds. The number of aliphatic carboxylic acids is 1. The molecule has 0 unspecified atom stereocenters. The van der Waals surface area contributed by atoms with Gasteiger partial charge in [0.1, 0.15) is 0 Å². The molecule has 0 bridgehead atoms. The van der Waals surface area contributed by atoms with Crippen LogP contribution in [0.25, 0.3) is 11.1 Å². The van der Waals surface area contributed by atoms with Crippen molar-refractivity contribution in [3.8, 4) is 11.1 Å². The number of carbonyl (C=O) groups is 1. The number of hydrogen-bond acceptors (Lipinski definition) is 6. The highest BCUT2D eigenvalue weighted by Crippen LogP contribution is 2.42. The summed E-state index contributed by atoms with van der Waals surface area (Å²) in [6.45, 7) is -0.0427. The Hall–Kier alpha value is -2.44. The summed E-state index contributed by atoms with van der Waals surface area (Å²) in [5, 5.41) is 20.9. The number of halogens is 3. The third-order valence-electron chi connectivity index (χ3n) is 5.41. The van der Waals surface area contributed by atoms with E-state index >= 15 is 0 Å². The topological polar surface area (TPSA) is 119 Å². The first-order valence-electron chi connectivity index (χ1n) is 9.33. The number of benzene rings is 1. The zero-order chi connectivity index (χ0) is 23.0. The summed E-state index contributed by atoms with van der Waals surface area (Å²) in [7, 11) is -3.24. The highest BCUT2D eigenvalue weighted by molar-refractivity contribution is 7.92. The van der Waals surface area contributed by atoms with Crippen molar-refractivity contribution in [2.24, 2.45) is 5.92 Å². The smallest absolute Gasteiger partial charge is 0.417 e. The predicted octanol–water partition coefficient (Wildman–Crippen LogP) is 2.21. The van der Waals surface area contributed by atoms with Crippen molar-refractivity contribution in [3.05, 3.63) is 36.2 Å². The Morgan fingerprint density at radius 2 is 2.00 bits per heavy atom. The van der Waals surface area contributed by atoms with E-state index in [1.807, 2.05) is 0 Å². The van der Waals surface area contributed by atoms with Crippen LogP contribution in [-0.2, 0) is 32.1 Å². The number of carboxylic acids is 1. The molecule has 1 saturated carbocycles. The number of aliphatic hydroxyl groups excluding tert-OH is 1. The maximum absolute atomic E-state index is 13.8. The van der Waals surface area contributed by atoms with E-state index < -0.39 is 49.7 Å². The highest BCUT2D eigenvalue weighted by Gasteiger charge is 2.47. The van der Waals surface area contributed by atoms with Crippen LogP contribution < -0.4 is 0 Å². The van der Waals surface area contributed by atoms with Crippen molar-refractivity contribution < 1.29 is 41.3 Å². The minimum Gasteiger partial charge on any atom is -0.481 e. The van der Waals surface area contributed by atoms with Crippen LogP contribution in [0.3, 0.4) is 0 Å². The molecule has 8 nitrogen and oxygen atoms in total. The van der Waals surface area contributed by atoms with E-state index in [9.17, 15) is 31.5 Å². The summed E-state index contributed by atoms with van der Waals surface area (Å²) in [6.07, 6.45) is -3.63. The predicted molar refractivity (Wildman–Crippen MR) is 102 cm³/mol. The zero-order valence-corrected chi connectivity index (χ0v) is 17.2. The summed E-state index contributed by atoms with van der Waals surface area (Å²) < 4.78 is 73.9. The Bertz CT molecular complexity index is 1070. The number of carboxylic acid groups (broad SMARTS) is 1. The van der Waals surface area contributed by atoms with E-state index in [1.54, 1.807) is 0 Å². The van der Waals surface area contributed by atoms with Gasteiger partial charge in [0.25, 0.3) is 0 Å². The molecule has 1 heterocycles. The van der Waals surface area contributed by atoms with Gasteiger partial charge in [-0.3, -0.25) is 9.48 Å². The summed E-state index contributed by atoms with van der Waals surface area (Å²) in [5.74, 6) is -2.37. The van der Waals surface area contributed by atoms with Crippen LogP contribution in [0.2, 0.25) is 0 Å². The Kier molecular flexibility index (Phi) is 6.44. The van der Waals surface area contributed by atoms with Gasteiger partial charge in [-0.05, 0) is 30.5 Å². The average Bonchev–Trinajstić information content (AvgIpc) is 3.34. The van der Waals surface area contributed by atoms with Crippen molar-refractivity contribution in [2.75, 3.05) is 13.7 Å². The fourth-order valence-electron chi connectivity index (χ4n) is 3.82. The molecular weight excluding hydrogens is 441 g/mol. The number of alkyl halides is 3. The minimum absolute atomic E-state index is 0.111. The third kappa shape index (κ3) is 4.60. The number of nitrogens with zero attached hydrogens (tertiary/aromatic N) is 2. The van der Waals surface area contributed by atoms with E-state index in [1.165, 1.54) is 30.3 Å². The normalized spacial score (nSPS) is 22.0. The van der Waals surface area contributed by atoms with Gasteiger partial charge < -0.3 is 14.9 Å². The van der Waals surface area contributed by atoms with Gasteiger partial charge in [0.2, 0.25) is 0 Å². The van der Waals surface area contributed by atoms with Crippen LogP contribution in [0.1, 0.15) is 18.4 Å². The molecule has 1 fully saturated rings. The SMILES string of the molecule is CO[C@@H]1C[C@H](S(=O)(=O)c2ccc(-c3cnn(CCO)c3)cc2C(F)(F)F)C[C@H]1C(=O)O. The minimum atomic E-state index is -4.95. The molecule has 3 rings (SSSR count). The molecule has 0 radical (unpaired) electrons. The largest absolute Gasteiger partial charge is 0.481 e. The van der Waals surface area contributed by atoms with Crippen LogP contribution in [0.4, 0.5) is 13.2 Å². The molecular formula is C19H21F3N2O6S. The van der Waals surface area contributed by atoms with E-state index in [0.717, 1.165) is 12.1 Å². The van der Waals surface area contributed by atoms with E-state index in [2.05, 4.69) is 5.10 Å². The van der Waals surface area contributed by atoms with Gasteiger partial charge in [0, 0.05) is 18.9 Å². The standard InChI is InChI=1S/C19H21F3N2O6S/c1-30-16-8-13(7-14(16)18(26)27)31(28,29)17-3-2-11(6-15(17)19(20,21)22)12-9-23-24(10-12)4-5-25/h2-3,6,9-10,13-14,16,25H,4-5,7-8H2,1H3,(H,26,27)/t13-,14-,16-/m1/s1. The van der Waals surface area contributed by atoms with Gasteiger partial charge in [-0.25, -0.2) is 8.42 Å². The van der Waals surface area contributed by atoms with Crippen LogP contribution in [0.15, 0.2) is 35.5 Å². The van der Waals surface area contributed by atoms with Crippen LogP contribution in [0.5, 0.6) is 0 Å². The molecule has 1 aromatic carbocycles. The van der Waals surface area contributed by atoms with Gasteiger partial charge >= 0.3 is 12.1 Å². The van der Waals surface area contributed by atoms with Crippen molar-refractivity contribution in [2.45, 2.75) is 41.8 Å². The lowest BCUT2D eigenvalue weighted by Gasteiger charge is -2.18. The lowest BCUT2D eigenvalue weighted by molar-refractivity contribution is -0.145. The van der Waals surface area contributed by atoms with Crippen molar-refractivity contribution in [1.29, 1.82) is 0 Å². The molecule has 0 saturated heterocycles. The fourth-order valence-corrected chi connectivity index (χ4v) is 5.83. The van der Waals surface area contributed by atoms with Crippen LogP contribution in [-0.4, -0.2) is 59.5 Å². The fraction of sp³-hybridized carbons (Fsp3) is 0.474. The first kappa shape index (κ1) is 23.2. The monoisotopic (exact) mass is 462 g/mol. The lowest BCUT2D eigenvalue weighted by atomic mass is 10.1. The second kappa shape index (κ2) is 8.60. The molecule has 12 heteroatoms. The molecule has 2 N–H and O–H groups in total. The van der Waals surface area contributed by atoms with Crippen LogP contribution >= 0.6 is 0 Å². The van der Waals surface area contributed by atoms with Gasteiger partial charge in [-0.2, -0.15) is 18.3 Å². The van der Waals surface area contributed by atoms with Gasteiger partial charge in [0.15, 0.2) is 9.84 Å². The first-order chi connectivity index (χ1) is 14.5. The summed E-state index contributed by atoms with van der Waals surface area (Å²) >= 11 is 0. The number of methoxy groups -OCH3 is 1. The number of hydrogen-bond donors (Lipinski definition) is 2. The van der Waals surface area contributed by atoms with Crippen molar-refractivity contribution >= 4 is 15.8 Å². The number of sulfone groups is 1. The molecule has 3 atom stereocenters. The second-order valence-corrected chi connectivity index (χ2v) is 9.48. The Morgan fingerprint density at radius 3 is 2.55 bits per heavy atom. The Balaban J connectivity index is 2.03. The molecule has 1 aliphatic rings.